The molecule has 1 rings (SSSR count). The molecule has 1 heterocycles. The molecule has 5 nitrogen and oxygen atoms in total. The summed E-state index contributed by atoms with van der Waals surface area (Å²) in [6.45, 7) is 0. The van der Waals surface area contributed by atoms with Gasteiger partial charge in [-0.3, -0.25) is 4.55 Å². The Balaban J connectivity index is 3.04. The Morgan fingerprint density at radius 2 is 2.00 bits per heavy atom. The van der Waals surface area contributed by atoms with Crippen molar-refractivity contribution in [2.24, 2.45) is 0 Å². The molecule has 84 valence electrons. The highest BCUT2D eigenvalue weighted by Crippen LogP contribution is 2.23. The second-order valence-corrected chi connectivity index (χ2v) is 3.72. The van der Waals surface area contributed by atoms with Crippen molar-refractivity contribution < 1.29 is 30.9 Å². The minimum atomic E-state index is -4.93. The van der Waals surface area contributed by atoms with Gasteiger partial charge in [0.2, 0.25) is 0 Å². The second kappa shape index (κ2) is 3.66. The highest BCUT2D eigenvalue weighted by atomic mass is 32.2. The third-order valence-corrected chi connectivity index (χ3v) is 1.96. The highest BCUT2D eigenvalue weighted by molar-refractivity contribution is 7.85. The third kappa shape index (κ3) is 3.72. The zero-order valence-corrected chi connectivity index (χ0v) is 7.71. The van der Waals surface area contributed by atoms with Gasteiger partial charge in [0.1, 0.15) is 5.75 Å². The number of hydrogen-bond acceptors (Lipinski definition) is 4. The van der Waals surface area contributed by atoms with Gasteiger partial charge in [0.15, 0.2) is 5.03 Å². The van der Waals surface area contributed by atoms with Gasteiger partial charge in [-0.05, 0) is 6.07 Å². The Labute approximate surface area is 82.3 Å². The maximum atomic E-state index is 11.7. The second-order valence-electron chi connectivity index (χ2n) is 2.35. The summed E-state index contributed by atoms with van der Waals surface area (Å²) >= 11 is 0. The van der Waals surface area contributed by atoms with Crippen LogP contribution in [0.15, 0.2) is 23.4 Å². The molecule has 0 radical (unpaired) electrons. The fraction of sp³-hybridized carbons (Fsp3) is 0.167. The van der Waals surface area contributed by atoms with E-state index in [1.807, 2.05) is 0 Å². The van der Waals surface area contributed by atoms with E-state index in [4.69, 9.17) is 4.55 Å². The number of alkyl halides is 3. The van der Waals surface area contributed by atoms with E-state index < -0.39 is 27.3 Å². The molecular weight excluding hydrogens is 239 g/mol. The first-order chi connectivity index (χ1) is 6.68. The molecule has 0 aromatic carbocycles. The molecule has 0 fully saturated rings. The number of halogens is 3. The summed E-state index contributed by atoms with van der Waals surface area (Å²) in [4.78, 5) is 3.16. The van der Waals surface area contributed by atoms with Crippen LogP contribution in [0.2, 0.25) is 0 Å². The first-order valence-corrected chi connectivity index (χ1v) is 4.82. The zero-order chi connectivity index (χ0) is 11.7. The van der Waals surface area contributed by atoms with E-state index in [0.717, 1.165) is 12.3 Å². The van der Waals surface area contributed by atoms with Crippen LogP contribution >= 0.6 is 0 Å². The largest absolute Gasteiger partial charge is 0.573 e. The Hall–Kier alpha value is -1.35. The topological polar surface area (TPSA) is 76.5 Å². The average Bonchev–Trinajstić information content (AvgIpc) is 1.99. The lowest BCUT2D eigenvalue weighted by molar-refractivity contribution is -0.274. The average molecular weight is 243 g/mol. The lowest BCUT2D eigenvalue weighted by Gasteiger charge is -2.08. The van der Waals surface area contributed by atoms with Crippen molar-refractivity contribution in [3.05, 3.63) is 18.3 Å². The van der Waals surface area contributed by atoms with Gasteiger partial charge in [0.05, 0.1) is 0 Å². The quantitative estimate of drug-likeness (QED) is 0.790. The zero-order valence-electron chi connectivity index (χ0n) is 6.89. The summed E-state index contributed by atoms with van der Waals surface area (Å²) in [5, 5.41) is -0.913. The standard InChI is InChI=1S/C6H4F3NO4S/c7-6(8,9)14-4-1-2-10-5(3-4)15(11,12)13/h1-3H,(H,11,12,13). The first-order valence-electron chi connectivity index (χ1n) is 3.38. The van der Waals surface area contributed by atoms with Crippen molar-refractivity contribution >= 4 is 10.1 Å². The number of ether oxygens (including phenoxy) is 1. The van der Waals surface area contributed by atoms with E-state index >= 15 is 0 Å². The molecule has 0 aliphatic rings. The summed E-state index contributed by atoms with van der Waals surface area (Å²) in [6.07, 6.45) is -4.16. The monoisotopic (exact) mass is 243 g/mol. The Morgan fingerprint density at radius 3 is 2.47 bits per heavy atom. The van der Waals surface area contributed by atoms with Crippen LogP contribution in [0.3, 0.4) is 0 Å². The summed E-state index contributed by atoms with van der Waals surface area (Å²) < 4.78 is 68.1. The van der Waals surface area contributed by atoms with Gasteiger partial charge in [0, 0.05) is 12.3 Å². The number of rotatable bonds is 2. The SMILES string of the molecule is O=S(=O)(O)c1cc(OC(F)(F)F)ccn1. The van der Waals surface area contributed by atoms with E-state index in [-0.39, 0.29) is 0 Å². The van der Waals surface area contributed by atoms with Gasteiger partial charge in [-0.15, -0.1) is 13.2 Å². The Morgan fingerprint density at radius 1 is 1.40 bits per heavy atom. The van der Waals surface area contributed by atoms with Gasteiger partial charge >= 0.3 is 16.5 Å². The van der Waals surface area contributed by atoms with Gasteiger partial charge < -0.3 is 4.74 Å². The van der Waals surface area contributed by atoms with E-state index in [1.165, 1.54) is 0 Å². The molecule has 0 amide bonds. The Bertz CT molecular complexity index is 456. The van der Waals surface area contributed by atoms with Crippen LogP contribution in [0.25, 0.3) is 0 Å². The van der Waals surface area contributed by atoms with Crippen molar-refractivity contribution in [1.29, 1.82) is 0 Å². The van der Waals surface area contributed by atoms with E-state index in [0.29, 0.717) is 6.07 Å². The van der Waals surface area contributed by atoms with Gasteiger partial charge in [-0.2, -0.15) is 8.42 Å². The van der Waals surface area contributed by atoms with Crippen molar-refractivity contribution in [1.82, 2.24) is 4.98 Å². The molecule has 0 atom stereocenters. The maximum absolute atomic E-state index is 11.7. The molecule has 0 saturated heterocycles. The van der Waals surface area contributed by atoms with Gasteiger partial charge in [-0.1, -0.05) is 0 Å². The van der Waals surface area contributed by atoms with Crippen LogP contribution in [0.5, 0.6) is 5.75 Å². The molecule has 1 aromatic rings. The fourth-order valence-electron chi connectivity index (χ4n) is 0.729. The summed E-state index contributed by atoms with van der Waals surface area (Å²) in [5.41, 5.74) is 0. The van der Waals surface area contributed by atoms with Crippen LogP contribution in [-0.4, -0.2) is 24.3 Å². The molecular formula is C6H4F3NO4S. The van der Waals surface area contributed by atoms with Crippen molar-refractivity contribution in [2.45, 2.75) is 11.4 Å². The van der Waals surface area contributed by atoms with Crippen LogP contribution < -0.4 is 4.74 Å². The van der Waals surface area contributed by atoms with Gasteiger partial charge in [0.25, 0.3) is 0 Å². The molecule has 0 bridgehead atoms. The van der Waals surface area contributed by atoms with Crippen molar-refractivity contribution in [3.8, 4) is 5.75 Å². The number of aromatic nitrogens is 1. The molecule has 0 aliphatic heterocycles. The van der Waals surface area contributed by atoms with Gasteiger partial charge in [-0.25, -0.2) is 4.98 Å². The molecule has 0 unspecified atom stereocenters. The predicted octanol–water partition coefficient (Wildman–Crippen LogP) is 1.23. The number of pyridine rings is 1. The number of hydrogen-bond donors (Lipinski definition) is 1. The smallest absolute Gasteiger partial charge is 0.406 e. The molecule has 1 aromatic heterocycles. The lowest BCUT2D eigenvalue weighted by Crippen LogP contribution is -2.17. The van der Waals surface area contributed by atoms with E-state index in [2.05, 4.69) is 9.72 Å². The summed E-state index contributed by atoms with van der Waals surface area (Å²) in [6, 6.07) is 1.27. The van der Waals surface area contributed by atoms with E-state index in [9.17, 15) is 21.6 Å². The molecule has 0 spiro atoms. The van der Waals surface area contributed by atoms with Crippen molar-refractivity contribution in [2.75, 3.05) is 0 Å². The Kier molecular flexibility index (Phi) is 2.86. The molecule has 15 heavy (non-hydrogen) atoms. The molecule has 9 heteroatoms. The summed E-state index contributed by atoms with van der Waals surface area (Å²) in [5.74, 6) is -0.773. The molecule has 1 N–H and O–H groups in total. The minimum absolute atomic E-state index is 0.461. The highest BCUT2D eigenvalue weighted by Gasteiger charge is 2.31. The van der Waals surface area contributed by atoms with Crippen LogP contribution in [0.4, 0.5) is 13.2 Å². The normalized spacial score (nSPS) is 12.5. The summed E-state index contributed by atoms with van der Waals surface area (Å²) in [7, 11) is -4.64. The lowest BCUT2D eigenvalue weighted by atomic mass is 10.5. The predicted molar refractivity (Wildman–Crippen MR) is 40.7 cm³/mol. The maximum Gasteiger partial charge on any atom is 0.573 e. The van der Waals surface area contributed by atoms with Crippen LogP contribution in [0.1, 0.15) is 0 Å². The third-order valence-electron chi connectivity index (χ3n) is 1.20. The first kappa shape index (κ1) is 11.7. The van der Waals surface area contributed by atoms with E-state index in [1.54, 1.807) is 0 Å². The minimum Gasteiger partial charge on any atom is -0.406 e. The number of nitrogens with zero attached hydrogens (tertiary/aromatic N) is 1. The van der Waals surface area contributed by atoms with Crippen LogP contribution in [0, 0.1) is 0 Å². The molecule has 0 saturated carbocycles. The van der Waals surface area contributed by atoms with Crippen molar-refractivity contribution in [3.63, 3.8) is 0 Å². The van der Waals surface area contributed by atoms with Crippen LogP contribution in [-0.2, 0) is 10.1 Å². The fourth-order valence-corrected chi connectivity index (χ4v) is 1.19. The molecule has 0 aliphatic carbocycles.